The molecule has 2 fully saturated rings. The van der Waals surface area contributed by atoms with Crippen molar-refractivity contribution in [3.05, 3.63) is 36.2 Å². The van der Waals surface area contributed by atoms with Crippen molar-refractivity contribution >= 4 is 5.91 Å². The third kappa shape index (κ3) is 4.40. The second-order valence-corrected chi connectivity index (χ2v) is 7.35. The average molecular weight is 385 g/mol. The molecule has 2 aliphatic heterocycles. The SMILES string of the molecule is CC(c1nc(-c2ccccc2)no1)N1CCN(C(=O)CC2COCCN2)CC1. The van der Waals surface area contributed by atoms with Crippen LogP contribution < -0.4 is 5.32 Å². The van der Waals surface area contributed by atoms with Gasteiger partial charge in [0.25, 0.3) is 0 Å². The van der Waals surface area contributed by atoms with Gasteiger partial charge in [-0.15, -0.1) is 0 Å². The van der Waals surface area contributed by atoms with Gasteiger partial charge >= 0.3 is 0 Å². The number of hydrogen-bond acceptors (Lipinski definition) is 7. The third-order valence-corrected chi connectivity index (χ3v) is 5.47. The Morgan fingerprint density at radius 1 is 1.25 bits per heavy atom. The molecule has 0 spiro atoms. The van der Waals surface area contributed by atoms with Crippen LogP contribution in [0.1, 0.15) is 25.3 Å². The Bertz CT molecular complexity index is 767. The molecule has 2 aromatic rings. The third-order valence-electron chi connectivity index (χ3n) is 5.47. The lowest BCUT2D eigenvalue weighted by Gasteiger charge is -2.37. The van der Waals surface area contributed by atoms with Crippen molar-refractivity contribution in [2.45, 2.75) is 25.4 Å². The number of amides is 1. The Labute approximate surface area is 164 Å². The quantitative estimate of drug-likeness (QED) is 0.831. The number of aromatic nitrogens is 2. The Balaban J connectivity index is 1.30. The van der Waals surface area contributed by atoms with E-state index in [0.29, 0.717) is 24.7 Å². The van der Waals surface area contributed by atoms with E-state index in [2.05, 4.69) is 27.3 Å². The van der Waals surface area contributed by atoms with E-state index >= 15 is 0 Å². The summed E-state index contributed by atoms with van der Waals surface area (Å²) in [4.78, 5) is 21.3. The number of hydrogen-bond donors (Lipinski definition) is 1. The van der Waals surface area contributed by atoms with Gasteiger partial charge in [0.2, 0.25) is 17.6 Å². The van der Waals surface area contributed by atoms with Gasteiger partial charge < -0.3 is 19.5 Å². The summed E-state index contributed by atoms with van der Waals surface area (Å²) >= 11 is 0. The van der Waals surface area contributed by atoms with E-state index in [9.17, 15) is 4.79 Å². The summed E-state index contributed by atoms with van der Waals surface area (Å²) in [5.74, 6) is 1.42. The van der Waals surface area contributed by atoms with E-state index in [1.807, 2.05) is 35.2 Å². The molecule has 1 amide bonds. The summed E-state index contributed by atoms with van der Waals surface area (Å²) in [6.45, 7) is 7.26. The molecule has 2 aliphatic rings. The van der Waals surface area contributed by atoms with Crippen molar-refractivity contribution < 1.29 is 14.1 Å². The molecule has 4 rings (SSSR count). The Morgan fingerprint density at radius 2 is 2.04 bits per heavy atom. The fraction of sp³-hybridized carbons (Fsp3) is 0.550. The summed E-state index contributed by atoms with van der Waals surface area (Å²) in [7, 11) is 0. The lowest BCUT2D eigenvalue weighted by Crippen LogP contribution is -2.51. The second kappa shape index (κ2) is 8.81. The van der Waals surface area contributed by atoms with E-state index in [0.717, 1.165) is 44.9 Å². The smallest absolute Gasteiger partial charge is 0.244 e. The highest BCUT2D eigenvalue weighted by Crippen LogP contribution is 2.23. The van der Waals surface area contributed by atoms with Crippen molar-refractivity contribution in [3.63, 3.8) is 0 Å². The van der Waals surface area contributed by atoms with Crippen LogP contribution in [0.25, 0.3) is 11.4 Å². The summed E-state index contributed by atoms with van der Waals surface area (Å²) < 4.78 is 10.9. The van der Waals surface area contributed by atoms with Crippen LogP contribution in [0.3, 0.4) is 0 Å². The van der Waals surface area contributed by atoms with Crippen LogP contribution in [0.15, 0.2) is 34.9 Å². The molecular weight excluding hydrogens is 358 g/mol. The molecule has 3 heterocycles. The molecule has 0 radical (unpaired) electrons. The van der Waals surface area contributed by atoms with Crippen molar-refractivity contribution in [1.29, 1.82) is 0 Å². The molecular formula is C20H27N5O3. The van der Waals surface area contributed by atoms with Crippen molar-refractivity contribution in [2.75, 3.05) is 45.9 Å². The van der Waals surface area contributed by atoms with Crippen molar-refractivity contribution in [1.82, 2.24) is 25.3 Å². The summed E-state index contributed by atoms with van der Waals surface area (Å²) in [6, 6.07) is 9.97. The molecule has 0 aliphatic carbocycles. The minimum absolute atomic E-state index is 0.0237. The minimum Gasteiger partial charge on any atom is -0.378 e. The second-order valence-electron chi connectivity index (χ2n) is 7.35. The molecule has 1 N–H and O–H groups in total. The fourth-order valence-electron chi connectivity index (χ4n) is 3.71. The molecule has 2 atom stereocenters. The number of carbonyl (C=O) groups excluding carboxylic acids is 1. The lowest BCUT2D eigenvalue weighted by molar-refractivity contribution is -0.134. The molecule has 8 heteroatoms. The van der Waals surface area contributed by atoms with E-state index in [-0.39, 0.29) is 18.0 Å². The molecule has 0 saturated carbocycles. The van der Waals surface area contributed by atoms with Crippen LogP contribution in [0.2, 0.25) is 0 Å². The normalized spacial score (nSPS) is 22.2. The maximum atomic E-state index is 12.5. The van der Waals surface area contributed by atoms with Gasteiger partial charge in [-0.05, 0) is 6.92 Å². The molecule has 2 unspecified atom stereocenters. The first kappa shape index (κ1) is 19.0. The average Bonchev–Trinajstić information content (AvgIpc) is 3.25. The van der Waals surface area contributed by atoms with E-state index in [1.54, 1.807) is 0 Å². The van der Waals surface area contributed by atoms with Crippen LogP contribution in [0.4, 0.5) is 0 Å². The predicted molar refractivity (Wildman–Crippen MR) is 104 cm³/mol. The van der Waals surface area contributed by atoms with Crippen molar-refractivity contribution in [2.24, 2.45) is 0 Å². The largest absolute Gasteiger partial charge is 0.378 e. The standard InChI is InChI=1S/C20H27N5O3/c1-15(20-22-19(23-28-20)16-5-3-2-4-6-16)24-8-10-25(11-9-24)18(26)13-17-14-27-12-7-21-17/h2-6,15,17,21H,7-14H2,1H3. The summed E-state index contributed by atoms with van der Waals surface area (Å²) in [5.41, 5.74) is 0.945. The van der Waals surface area contributed by atoms with E-state index in [1.165, 1.54) is 0 Å². The Morgan fingerprint density at radius 3 is 2.75 bits per heavy atom. The number of nitrogens with one attached hydrogen (secondary N) is 1. The Hall–Kier alpha value is -2.29. The number of benzene rings is 1. The van der Waals surface area contributed by atoms with Gasteiger partial charge in [0, 0.05) is 50.7 Å². The van der Waals surface area contributed by atoms with Crippen LogP contribution in [-0.2, 0) is 9.53 Å². The first-order valence-electron chi connectivity index (χ1n) is 9.92. The van der Waals surface area contributed by atoms with Crippen molar-refractivity contribution in [3.8, 4) is 11.4 Å². The maximum Gasteiger partial charge on any atom is 0.244 e. The highest BCUT2D eigenvalue weighted by molar-refractivity contribution is 5.77. The fourth-order valence-corrected chi connectivity index (χ4v) is 3.71. The maximum absolute atomic E-state index is 12.5. The van der Waals surface area contributed by atoms with Gasteiger partial charge in [-0.3, -0.25) is 9.69 Å². The Kier molecular flexibility index (Phi) is 5.99. The molecule has 1 aromatic carbocycles. The van der Waals surface area contributed by atoms with Crippen LogP contribution in [0, 0.1) is 0 Å². The molecule has 8 nitrogen and oxygen atoms in total. The van der Waals surface area contributed by atoms with E-state index in [4.69, 9.17) is 9.26 Å². The topological polar surface area (TPSA) is 83.7 Å². The zero-order valence-electron chi connectivity index (χ0n) is 16.2. The lowest BCUT2D eigenvalue weighted by atomic mass is 10.1. The first-order valence-corrected chi connectivity index (χ1v) is 9.92. The van der Waals surface area contributed by atoms with Crippen LogP contribution in [-0.4, -0.2) is 77.8 Å². The number of rotatable bonds is 5. The minimum atomic E-state index is 0.0237. The summed E-state index contributed by atoms with van der Waals surface area (Å²) in [5, 5.41) is 7.46. The number of piperazine rings is 1. The molecule has 2 saturated heterocycles. The monoisotopic (exact) mass is 385 g/mol. The predicted octanol–water partition coefficient (Wildman–Crippen LogP) is 1.32. The van der Waals surface area contributed by atoms with Gasteiger partial charge in [-0.1, -0.05) is 35.5 Å². The van der Waals surface area contributed by atoms with Crippen LogP contribution >= 0.6 is 0 Å². The van der Waals surface area contributed by atoms with Crippen LogP contribution in [0.5, 0.6) is 0 Å². The number of morpholine rings is 1. The van der Waals surface area contributed by atoms with Gasteiger partial charge in [0.1, 0.15) is 0 Å². The zero-order valence-corrected chi connectivity index (χ0v) is 16.2. The molecule has 0 bridgehead atoms. The van der Waals surface area contributed by atoms with E-state index < -0.39 is 0 Å². The number of ether oxygens (including phenoxy) is 1. The molecule has 28 heavy (non-hydrogen) atoms. The number of nitrogens with zero attached hydrogens (tertiary/aromatic N) is 4. The van der Waals surface area contributed by atoms with Gasteiger partial charge in [-0.2, -0.15) is 4.98 Å². The highest BCUT2D eigenvalue weighted by atomic mass is 16.5. The zero-order chi connectivity index (χ0) is 19.3. The summed E-state index contributed by atoms with van der Waals surface area (Å²) in [6.07, 6.45) is 0.500. The molecule has 150 valence electrons. The van der Waals surface area contributed by atoms with Gasteiger partial charge in [-0.25, -0.2) is 0 Å². The highest BCUT2D eigenvalue weighted by Gasteiger charge is 2.29. The number of carbonyl (C=O) groups is 1. The first-order chi connectivity index (χ1) is 13.7. The van der Waals surface area contributed by atoms with Gasteiger partial charge in [0.05, 0.1) is 19.3 Å². The molecule has 1 aromatic heterocycles. The van der Waals surface area contributed by atoms with Gasteiger partial charge in [0.15, 0.2) is 0 Å².